The van der Waals surface area contributed by atoms with Crippen molar-refractivity contribution in [3.8, 4) is 0 Å². The minimum atomic E-state index is -0.675. The van der Waals surface area contributed by atoms with Crippen LogP contribution in [0.3, 0.4) is 0 Å². The third-order valence-corrected chi connectivity index (χ3v) is 3.92. The molecule has 0 fully saturated rings. The molecule has 0 aliphatic carbocycles. The summed E-state index contributed by atoms with van der Waals surface area (Å²) >= 11 is 22.3. The van der Waals surface area contributed by atoms with Gasteiger partial charge < -0.3 is 0 Å². The quantitative estimate of drug-likeness (QED) is 0.307. The van der Waals surface area contributed by atoms with Gasteiger partial charge in [-0.2, -0.15) is 0 Å². The van der Waals surface area contributed by atoms with Crippen molar-refractivity contribution >= 4 is 64.7 Å². The summed E-state index contributed by atoms with van der Waals surface area (Å²) in [6.07, 6.45) is 1.03. The predicted molar refractivity (Wildman–Crippen MR) is 104 cm³/mol. The third kappa shape index (κ3) is 6.63. The molecule has 2 aromatic carbocycles. The monoisotopic (exact) mass is 425 g/mol. The summed E-state index contributed by atoms with van der Waals surface area (Å²) in [6.45, 7) is 0. The number of aldehydes is 2. The number of nitro benzene ring substituents is 1. The van der Waals surface area contributed by atoms with E-state index in [1.165, 1.54) is 6.07 Å². The van der Waals surface area contributed by atoms with E-state index in [9.17, 15) is 19.7 Å². The van der Waals surface area contributed by atoms with E-state index in [-0.39, 0.29) is 36.1 Å². The van der Waals surface area contributed by atoms with Crippen molar-refractivity contribution in [2.75, 3.05) is 0 Å². The number of halogens is 4. The van der Waals surface area contributed by atoms with Crippen LogP contribution in [0.4, 0.5) is 5.69 Å². The summed E-state index contributed by atoms with van der Waals surface area (Å²) in [6, 6.07) is 7.35. The first-order valence-electron chi connectivity index (χ1n) is 5.80. The third-order valence-electron chi connectivity index (χ3n) is 2.54. The molecule has 0 atom stereocenters. The van der Waals surface area contributed by atoms with E-state index in [1.54, 1.807) is 18.2 Å². The van der Waals surface area contributed by atoms with Crippen molar-refractivity contribution in [3.05, 3.63) is 71.7 Å². The van der Waals surface area contributed by atoms with Gasteiger partial charge in [-0.1, -0.05) is 67.3 Å². The van der Waals surface area contributed by atoms with Crippen LogP contribution in [0.25, 0.3) is 0 Å². The summed E-state index contributed by atoms with van der Waals surface area (Å²) in [5, 5.41) is 11.0. The van der Waals surface area contributed by atoms with Gasteiger partial charge in [-0.15, -0.1) is 0 Å². The van der Waals surface area contributed by atoms with Crippen LogP contribution in [0.5, 0.6) is 0 Å². The Hall–Kier alpha value is -1.66. The molecule has 0 aromatic heterocycles. The number of rotatable bonds is 3. The predicted octanol–water partition coefficient (Wildman–Crippen LogP) is 6.79. The highest BCUT2D eigenvalue weighted by molar-refractivity contribution is 6.40. The van der Waals surface area contributed by atoms with E-state index in [1.807, 2.05) is 0 Å². The standard InChI is InChI=1S/C7H3Cl2NO3.C7H4Cl2O.2CH4/c8-5-1-2-6(10(12)13)7(9)4(5)3-11;8-6-2-1-3-7(9)5(6)4-10;;/h1-3H;1-4H;2*1H4. The number of hydrogen-bond donors (Lipinski definition) is 0. The van der Waals surface area contributed by atoms with Crippen LogP contribution in [-0.4, -0.2) is 17.5 Å². The van der Waals surface area contributed by atoms with Crippen molar-refractivity contribution < 1.29 is 14.5 Å². The zero-order valence-corrected chi connectivity index (χ0v) is 14.2. The molecule has 25 heavy (non-hydrogen) atoms. The van der Waals surface area contributed by atoms with Gasteiger partial charge in [-0.25, -0.2) is 0 Å². The lowest BCUT2D eigenvalue weighted by atomic mass is 10.2. The molecule has 0 spiro atoms. The van der Waals surface area contributed by atoms with Crippen molar-refractivity contribution in [1.29, 1.82) is 0 Å². The fourth-order valence-corrected chi connectivity index (χ4v) is 2.45. The second-order valence-electron chi connectivity index (χ2n) is 3.92. The maximum atomic E-state index is 10.4. The molecule has 9 heteroatoms. The fraction of sp³-hybridized carbons (Fsp3) is 0.125. The molecule has 0 radical (unpaired) electrons. The molecule has 0 aliphatic rings. The van der Waals surface area contributed by atoms with Crippen molar-refractivity contribution in [3.63, 3.8) is 0 Å². The summed E-state index contributed by atoms with van der Waals surface area (Å²) in [7, 11) is 0. The van der Waals surface area contributed by atoms with E-state index in [2.05, 4.69) is 0 Å². The molecular formula is C16H15Cl4NO4. The van der Waals surface area contributed by atoms with Crippen molar-refractivity contribution in [1.82, 2.24) is 0 Å². The van der Waals surface area contributed by atoms with Crippen molar-refractivity contribution in [2.24, 2.45) is 0 Å². The summed E-state index contributed by atoms with van der Waals surface area (Å²) in [5.41, 5.74) is -0.0310. The number of nitrogens with zero attached hydrogens (tertiary/aromatic N) is 1. The maximum Gasteiger partial charge on any atom is 0.288 e. The lowest BCUT2D eigenvalue weighted by Crippen LogP contribution is -1.93. The lowest BCUT2D eigenvalue weighted by Gasteiger charge is -1.99. The smallest absolute Gasteiger partial charge is 0.288 e. The summed E-state index contributed by atoms with van der Waals surface area (Å²) in [4.78, 5) is 30.4. The number of carbonyl (C=O) groups excluding carboxylic acids is 2. The minimum Gasteiger partial charge on any atom is -0.298 e. The average Bonchev–Trinajstić information content (AvgIpc) is 2.48. The van der Waals surface area contributed by atoms with Gasteiger partial charge in [0.2, 0.25) is 0 Å². The highest BCUT2D eigenvalue weighted by atomic mass is 35.5. The normalized spacial score (nSPS) is 8.80. The first-order valence-corrected chi connectivity index (χ1v) is 7.31. The molecule has 0 saturated carbocycles. The number of hydrogen-bond acceptors (Lipinski definition) is 4. The second kappa shape index (κ2) is 11.8. The lowest BCUT2D eigenvalue weighted by molar-refractivity contribution is -0.384. The van der Waals surface area contributed by atoms with Crippen LogP contribution in [-0.2, 0) is 0 Å². The molecular weight excluding hydrogens is 412 g/mol. The molecule has 0 unspecified atom stereocenters. The Kier molecular flexibility index (Phi) is 12.1. The second-order valence-corrected chi connectivity index (χ2v) is 5.52. The van der Waals surface area contributed by atoms with E-state index >= 15 is 0 Å². The first kappa shape index (κ1) is 25.6. The molecule has 0 saturated heterocycles. The van der Waals surface area contributed by atoms with E-state index in [0.29, 0.717) is 28.2 Å². The zero-order valence-electron chi connectivity index (χ0n) is 11.1. The van der Waals surface area contributed by atoms with Crippen LogP contribution in [0.15, 0.2) is 30.3 Å². The minimum absolute atomic E-state index is 0. The molecule has 136 valence electrons. The van der Waals surface area contributed by atoms with Crippen LogP contribution < -0.4 is 0 Å². The Morgan fingerprint density at radius 2 is 1.24 bits per heavy atom. The number of nitro groups is 1. The van der Waals surface area contributed by atoms with Gasteiger partial charge in [-0.05, 0) is 18.2 Å². The van der Waals surface area contributed by atoms with Crippen molar-refractivity contribution in [2.45, 2.75) is 14.9 Å². The van der Waals surface area contributed by atoms with E-state index < -0.39 is 4.92 Å². The Morgan fingerprint density at radius 3 is 1.60 bits per heavy atom. The number of carbonyl (C=O) groups is 2. The first-order chi connectivity index (χ1) is 10.8. The van der Waals surface area contributed by atoms with Gasteiger partial charge in [0.05, 0.1) is 31.1 Å². The van der Waals surface area contributed by atoms with Gasteiger partial charge in [0, 0.05) is 6.07 Å². The van der Waals surface area contributed by atoms with E-state index in [0.717, 1.165) is 6.07 Å². The average molecular weight is 427 g/mol. The Labute approximate surface area is 165 Å². The van der Waals surface area contributed by atoms with Gasteiger partial charge in [0.15, 0.2) is 12.6 Å². The largest absolute Gasteiger partial charge is 0.298 e. The Morgan fingerprint density at radius 1 is 0.800 bits per heavy atom. The van der Waals surface area contributed by atoms with Crippen LogP contribution in [0, 0.1) is 10.1 Å². The van der Waals surface area contributed by atoms with Gasteiger partial charge in [0.25, 0.3) is 5.69 Å². The molecule has 0 aliphatic heterocycles. The van der Waals surface area contributed by atoms with Gasteiger partial charge in [-0.3, -0.25) is 19.7 Å². The molecule has 0 amide bonds. The van der Waals surface area contributed by atoms with Crippen LogP contribution >= 0.6 is 46.4 Å². The molecule has 0 heterocycles. The molecule has 0 N–H and O–H groups in total. The molecule has 5 nitrogen and oxygen atoms in total. The van der Waals surface area contributed by atoms with Crippen LogP contribution in [0.1, 0.15) is 35.6 Å². The van der Waals surface area contributed by atoms with E-state index in [4.69, 9.17) is 46.4 Å². The van der Waals surface area contributed by atoms with Gasteiger partial charge >= 0.3 is 0 Å². The highest BCUT2D eigenvalue weighted by Gasteiger charge is 2.17. The van der Waals surface area contributed by atoms with Crippen LogP contribution in [0.2, 0.25) is 20.1 Å². The Balaban J connectivity index is 0. The SMILES string of the molecule is C.C.O=Cc1c(Cl)ccc([N+](=O)[O-])c1Cl.O=Cc1c(Cl)cccc1Cl. The molecule has 0 bridgehead atoms. The molecule has 2 aromatic rings. The topological polar surface area (TPSA) is 77.3 Å². The summed E-state index contributed by atoms with van der Waals surface area (Å²) in [5.74, 6) is 0. The zero-order chi connectivity index (χ0) is 17.6. The fourth-order valence-electron chi connectivity index (χ4n) is 1.43. The summed E-state index contributed by atoms with van der Waals surface area (Å²) < 4.78 is 0. The Bertz CT molecular complexity index is 746. The maximum absolute atomic E-state index is 10.4. The highest BCUT2D eigenvalue weighted by Crippen LogP contribution is 2.31. The molecule has 2 rings (SSSR count). The van der Waals surface area contributed by atoms with Gasteiger partial charge in [0.1, 0.15) is 5.02 Å². The number of benzene rings is 2.